The molecule has 2 nitrogen and oxygen atoms in total. The quantitative estimate of drug-likeness (QED) is 0.239. The molecule has 37 heavy (non-hydrogen) atoms. The van der Waals surface area contributed by atoms with Crippen LogP contribution in [0.5, 0.6) is 5.75 Å². The van der Waals surface area contributed by atoms with E-state index in [1.165, 1.54) is 24.5 Å². The Balaban J connectivity index is 1.31. The lowest BCUT2D eigenvalue weighted by Gasteiger charge is -2.29. The fourth-order valence-corrected chi connectivity index (χ4v) is 5.20. The average Bonchev–Trinajstić information content (AvgIpc) is 2.91. The molecule has 1 aliphatic rings. The third-order valence-electron chi connectivity index (χ3n) is 7.37. The Morgan fingerprint density at radius 1 is 0.811 bits per heavy atom. The molecule has 0 heterocycles. The monoisotopic (exact) mass is 510 g/mol. The summed E-state index contributed by atoms with van der Waals surface area (Å²) in [6.45, 7) is 4.56. The lowest BCUT2D eigenvalue weighted by molar-refractivity contribution is 0.0117. The minimum Gasteiger partial charge on any atom is -0.494 e. The third-order valence-corrected chi connectivity index (χ3v) is 7.37. The van der Waals surface area contributed by atoms with Crippen LogP contribution >= 0.6 is 0 Å². The summed E-state index contributed by atoms with van der Waals surface area (Å²) >= 11 is 0. The Morgan fingerprint density at radius 2 is 1.57 bits per heavy atom. The molecule has 0 spiro atoms. The standard InChI is InChI=1S/C32H37F3O2/c1-3-5-6-7-22-8-10-24(11-9-22)29-18-14-25(31(34)32(29)35)21-37-26-15-12-23(13-16-26)28-19-17-27(36-4-2)20-30(28)33/h8-11,14,17-20,23,26H,3-7,12-13,15-16,21H2,1-2H3. The minimum absolute atomic E-state index is 0.0200. The van der Waals surface area contributed by atoms with Crippen LogP contribution in [0.3, 0.4) is 0 Å². The van der Waals surface area contributed by atoms with Crippen molar-refractivity contribution in [2.45, 2.75) is 83.8 Å². The second-order valence-electron chi connectivity index (χ2n) is 9.96. The molecule has 0 radical (unpaired) electrons. The van der Waals surface area contributed by atoms with Crippen LogP contribution < -0.4 is 4.74 Å². The summed E-state index contributed by atoms with van der Waals surface area (Å²) < 4.78 is 55.7. The molecular weight excluding hydrogens is 473 g/mol. The fourth-order valence-electron chi connectivity index (χ4n) is 5.20. The van der Waals surface area contributed by atoms with Crippen molar-refractivity contribution in [2.24, 2.45) is 0 Å². The number of rotatable bonds is 11. The van der Waals surface area contributed by atoms with E-state index in [1.807, 2.05) is 43.3 Å². The van der Waals surface area contributed by atoms with Crippen LogP contribution in [0.4, 0.5) is 13.2 Å². The topological polar surface area (TPSA) is 18.5 Å². The molecular formula is C32H37F3O2. The molecule has 0 atom stereocenters. The van der Waals surface area contributed by atoms with Crippen molar-refractivity contribution in [2.75, 3.05) is 6.61 Å². The zero-order valence-corrected chi connectivity index (χ0v) is 21.9. The summed E-state index contributed by atoms with van der Waals surface area (Å²) in [6, 6.07) is 16.0. The molecule has 0 saturated heterocycles. The summed E-state index contributed by atoms with van der Waals surface area (Å²) in [5.41, 5.74) is 3.07. The highest BCUT2D eigenvalue weighted by Crippen LogP contribution is 2.37. The summed E-state index contributed by atoms with van der Waals surface area (Å²) in [5, 5.41) is 0. The van der Waals surface area contributed by atoms with E-state index in [0.29, 0.717) is 23.5 Å². The molecule has 0 unspecified atom stereocenters. The van der Waals surface area contributed by atoms with Crippen molar-refractivity contribution < 1.29 is 22.6 Å². The number of hydrogen-bond donors (Lipinski definition) is 0. The number of halogens is 3. The highest BCUT2D eigenvalue weighted by molar-refractivity contribution is 5.65. The van der Waals surface area contributed by atoms with Crippen LogP contribution in [-0.2, 0) is 17.8 Å². The molecule has 1 fully saturated rings. The van der Waals surface area contributed by atoms with E-state index in [2.05, 4.69) is 6.92 Å². The van der Waals surface area contributed by atoms with Gasteiger partial charge < -0.3 is 9.47 Å². The average molecular weight is 511 g/mol. The van der Waals surface area contributed by atoms with Crippen molar-refractivity contribution >= 4 is 0 Å². The molecule has 0 aliphatic heterocycles. The van der Waals surface area contributed by atoms with Gasteiger partial charge in [-0.15, -0.1) is 0 Å². The maximum absolute atomic E-state index is 14.9. The second-order valence-corrected chi connectivity index (χ2v) is 9.96. The van der Waals surface area contributed by atoms with E-state index < -0.39 is 11.6 Å². The molecule has 1 aliphatic carbocycles. The number of hydrogen-bond acceptors (Lipinski definition) is 2. The Bertz CT molecular complexity index is 1150. The molecule has 5 heteroatoms. The Labute approximate surface area is 218 Å². The van der Waals surface area contributed by atoms with Gasteiger partial charge in [-0.2, -0.15) is 0 Å². The molecule has 0 amide bonds. The molecule has 1 saturated carbocycles. The van der Waals surface area contributed by atoms with Crippen LogP contribution in [0.25, 0.3) is 11.1 Å². The molecule has 3 aromatic carbocycles. The molecule has 3 aromatic rings. The molecule has 4 rings (SSSR count). The first kappa shape index (κ1) is 27.3. The third kappa shape index (κ3) is 6.95. The van der Waals surface area contributed by atoms with Crippen LogP contribution in [-0.4, -0.2) is 12.7 Å². The van der Waals surface area contributed by atoms with Crippen LogP contribution in [0.15, 0.2) is 54.6 Å². The highest BCUT2D eigenvalue weighted by Gasteiger charge is 2.25. The smallest absolute Gasteiger partial charge is 0.167 e. The van der Waals surface area contributed by atoms with Gasteiger partial charge in [-0.3, -0.25) is 0 Å². The zero-order valence-electron chi connectivity index (χ0n) is 21.9. The molecule has 0 N–H and O–H groups in total. The zero-order chi connectivity index (χ0) is 26.2. The van der Waals surface area contributed by atoms with Crippen LogP contribution in [0, 0.1) is 17.5 Å². The Hall–Kier alpha value is -2.79. The van der Waals surface area contributed by atoms with Gasteiger partial charge >= 0.3 is 0 Å². The SMILES string of the molecule is CCCCCc1ccc(-c2ccc(COC3CCC(c4ccc(OCC)cc4F)CC3)c(F)c2F)cc1. The number of benzene rings is 3. The van der Waals surface area contributed by atoms with Gasteiger partial charge in [0.1, 0.15) is 11.6 Å². The lowest BCUT2D eigenvalue weighted by Crippen LogP contribution is -2.21. The van der Waals surface area contributed by atoms with Crippen molar-refractivity contribution in [3.8, 4) is 16.9 Å². The molecule has 0 bridgehead atoms. The Kier molecular flexibility index (Phi) is 9.68. The van der Waals surface area contributed by atoms with Crippen molar-refractivity contribution in [1.29, 1.82) is 0 Å². The predicted molar refractivity (Wildman–Crippen MR) is 142 cm³/mol. The van der Waals surface area contributed by atoms with Crippen LogP contribution in [0.1, 0.15) is 81.4 Å². The summed E-state index contributed by atoms with van der Waals surface area (Å²) in [6.07, 6.45) is 7.53. The fraction of sp³-hybridized carbons (Fsp3) is 0.438. The second kappa shape index (κ2) is 13.1. The number of unbranched alkanes of at least 4 members (excludes halogenated alkanes) is 2. The predicted octanol–water partition coefficient (Wildman–Crippen LogP) is 9.15. The largest absolute Gasteiger partial charge is 0.494 e. The van der Waals surface area contributed by atoms with Gasteiger partial charge in [0, 0.05) is 17.2 Å². The maximum atomic E-state index is 14.9. The first-order valence-electron chi connectivity index (χ1n) is 13.6. The summed E-state index contributed by atoms with van der Waals surface area (Å²) in [4.78, 5) is 0. The van der Waals surface area contributed by atoms with Gasteiger partial charge in [-0.05, 0) is 74.1 Å². The van der Waals surface area contributed by atoms with Gasteiger partial charge in [0.2, 0.25) is 0 Å². The molecule has 0 aromatic heterocycles. The highest BCUT2D eigenvalue weighted by atomic mass is 19.2. The van der Waals surface area contributed by atoms with Gasteiger partial charge in [-0.1, -0.05) is 62.2 Å². The Morgan fingerprint density at radius 3 is 2.24 bits per heavy atom. The van der Waals surface area contributed by atoms with Crippen LogP contribution in [0.2, 0.25) is 0 Å². The van der Waals surface area contributed by atoms with E-state index in [-0.39, 0.29) is 35.6 Å². The first-order valence-corrected chi connectivity index (χ1v) is 13.6. The van der Waals surface area contributed by atoms with Crippen molar-refractivity contribution in [3.63, 3.8) is 0 Å². The van der Waals surface area contributed by atoms with Gasteiger partial charge in [-0.25, -0.2) is 13.2 Å². The minimum atomic E-state index is -0.852. The van der Waals surface area contributed by atoms with E-state index in [0.717, 1.165) is 38.5 Å². The van der Waals surface area contributed by atoms with Gasteiger partial charge in [0.05, 0.1) is 19.3 Å². The van der Waals surface area contributed by atoms with E-state index in [9.17, 15) is 13.2 Å². The van der Waals surface area contributed by atoms with E-state index >= 15 is 0 Å². The maximum Gasteiger partial charge on any atom is 0.167 e. The normalized spacial score (nSPS) is 17.6. The van der Waals surface area contributed by atoms with E-state index in [1.54, 1.807) is 12.1 Å². The lowest BCUT2D eigenvalue weighted by atomic mass is 9.82. The molecule has 198 valence electrons. The first-order chi connectivity index (χ1) is 18.0. The van der Waals surface area contributed by atoms with Gasteiger partial charge in [0.15, 0.2) is 11.6 Å². The summed E-state index contributed by atoms with van der Waals surface area (Å²) in [7, 11) is 0. The number of aryl methyl sites for hydroxylation is 1. The van der Waals surface area contributed by atoms with Gasteiger partial charge in [0.25, 0.3) is 0 Å². The van der Waals surface area contributed by atoms with E-state index in [4.69, 9.17) is 9.47 Å². The van der Waals surface area contributed by atoms with Crippen molar-refractivity contribution in [1.82, 2.24) is 0 Å². The number of ether oxygens (including phenoxy) is 2. The van der Waals surface area contributed by atoms with Crippen molar-refractivity contribution in [3.05, 3.63) is 88.7 Å². The summed E-state index contributed by atoms with van der Waals surface area (Å²) in [5.74, 6) is -1.26.